The molecule has 2 aliphatic heterocycles. The van der Waals surface area contributed by atoms with E-state index in [0.29, 0.717) is 5.69 Å². The molecule has 148 valence electrons. The molecule has 1 N–H and O–H groups in total. The number of carbonyl (C=O) groups excluding carboxylic acids is 2. The summed E-state index contributed by atoms with van der Waals surface area (Å²) >= 11 is 5.23. The molecule has 6 nitrogen and oxygen atoms in total. The first-order chi connectivity index (χ1) is 14.0. The minimum atomic E-state index is -0.483. The van der Waals surface area contributed by atoms with Crippen LogP contribution in [0.5, 0.6) is 0 Å². The van der Waals surface area contributed by atoms with Gasteiger partial charge in [0.25, 0.3) is 11.8 Å². The quantitative estimate of drug-likeness (QED) is 0.482. The highest BCUT2D eigenvalue weighted by atomic mass is 32.1. The minimum Gasteiger partial charge on any atom is -0.378 e. The Labute approximate surface area is 174 Å². The number of para-hydroxylation sites is 1. The molecule has 2 heterocycles. The maximum Gasteiger partial charge on any atom is 0.270 e. The largest absolute Gasteiger partial charge is 0.378 e. The zero-order chi connectivity index (χ0) is 20.4. The summed E-state index contributed by atoms with van der Waals surface area (Å²) < 4.78 is 5.41. The first kappa shape index (κ1) is 19.3. The van der Waals surface area contributed by atoms with E-state index in [1.54, 1.807) is 18.2 Å². The number of benzene rings is 2. The topological polar surface area (TPSA) is 61.9 Å². The summed E-state index contributed by atoms with van der Waals surface area (Å²) in [6.07, 6.45) is 1.63. The number of thiocarbonyl (C=S) groups is 1. The molecule has 0 unspecified atom stereocenters. The van der Waals surface area contributed by atoms with Crippen molar-refractivity contribution < 1.29 is 14.3 Å². The second-order valence-corrected chi connectivity index (χ2v) is 7.32. The summed E-state index contributed by atoms with van der Waals surface area (Å²) in [4.78, 5) is 29.2. The summed E-state index contributed by atoms with van der Waals surface area (Å²) in [6, 6.07) is 15.1. The predicted octanol–water partition coefficient (Wildman–Crippen LogP) is 2.66. The van der Waals surface area contributed by atoms with Gasteiger partial charge in [-0.2, -0.15) is 0 Å². The second-order valence-electron chi connectivity index (χ2n) is 6.93. The van der Waals surface area contributed by atoms with Crippen molar-refractivity contribution in [2.75, 3.05) is 36.1 Å². The molecule has 2 aromatic rings. The van der Waals surface area contributed by atoms with Crippen LogP contribution in [0.2, 0.25) is 0 Å². The Kier molecular flexibility index (Phi) is 5.42. The summed E-state index contributed by atoms with van der Waals surface area (Å²) in [6.45, 7) is 5.11. The van der Waals surface area contributed by atoms with E-state index in [4.69, 9.17) is 17.0 Å². The number of amides is 2. The molecule has 0 saturated carbocycles. The molecule has 0 aliphatic carbocycles. The molecule has 2 amide bonds. The van der Waals surface area contributed by atoms with Gasteiger partial charge in [0.1, 0.15) is 5.57 Å². The van der Waals surface area contributed by atoms with E-state index in [1.165, 1.54) is 4.90 Å². The van der Waals surface area contributed by atoms with Gasteiger partial charge in [-0.05, 0) is 60.6 Å². The fraction of sp³-hybridized carbons (Fsp3) is 0.227. The van der Waals surface area contributed by atoms with Gasteiger partial charge in [-0.15, -0.1) is 0 Å². The van der Waals surface area contributed by atoms with Crippen molar-refractivity contribution in [2.24, 2.45) is 0 Å². The minimum absolute atomic E-state index is 0.0599. The SMILES string of the molecule is Cc1cc(N2CCOCC2)ccc1/C=C1/C(=O)NC(=S)N(c2ccccc2)C1=O. The van der Waals surface area contributed by atoms with Crippen molar-refractivity contribution in [3.63, 3.8) is 0 Å². The number of morpholine rings is 1. The zero-order valence-corrected chi connectivity index (χ0v) is 16.9. The van der Waals surface area contributed by atoms with Crippen LogP contribution in [0.1, 0.15) is 11.1 Å². The third-order valence-corrected chi connectivity index (χ3v) is 5.33. The number of nitrogens with one attached hydrogen (secondary N) is 1. The van der Waals surface area contributed by atoms with Crippen LogP contribution >= 0.6 is 12.2 Å². The molecule has 2 aliphatic rings. The van der Waals surface area contributed by atoms with Gasteiger partial charge in [0.2, 0.25) is 0 Å². The molecule has 0 radical (unpaired) electrons. The van der Waals surface area contributed by atoms with Crippen molar-refractivity contribution in [1.29, 1.82) is 0 Å². The van der Waals surface area contributed by atoms with E-state index in [0.717, 1.165) is 43.1 Å². The second kappa shape index (κ2) is 8.14. The number of nitrogens with zero attached hydrogens (tertiary/aromatic N) is 2. The van der Waals surface area contributed by atoms with Gasteiger partial charge in [0, 0.05) is 18.8 Å². The van der Waals surface area contributed by atoms with Gasteiger partial charge in [-0.1, -0.05) is 24.3 Å². The molecule has 0 atom stereocenters. The maximum atomic E-state index is 13.1. The highest BCUT2D eigenvalue weighted by Crippen LogP contribution is 2.25. The van der Waals surface area contributed by atoms with Crippen LogP contribution in [0.15, 0.2) is 54.1 Å². The van der Waals surface area contributed by atoms with Gasteiger partial charge in [0.15, 0.2) is 5.11 Å². The maximum absolute atomic E-state index is 13.1. The van der Waals surface area contributed by atoms with Crippen molar-refractivity contribution >= 4 is 46.6 Å². The Balaban J connectivity index is 1.65. The number of hydrogen-bond donors (Lipinski definition) is 1. The standard InChI is InChI=1S/C22H21N3O3S/c1-15-13-18(24-9-11-28-12-10-24)8-7-16(15)14-19-20(26)23-22(29)25(21(19)27)17-5-3-2-4-6-17/h2-8,13-14H,9-12H2,1H3,(H,23,26,29)/b19-14-. The highest BCUT2D eigenvalue weighted by molar-refractivity contribution is 7.80. The number of rotatable bonds is 3. The summed E-state index contributed by atoms with van der Waals surface area (Å²) in [5.74, 6) is -0.912. The molecule has 29 heavy (non-hydrogen) atoms. The van der Waals surface area contributed by atoms with Gasteiger partial charge in [0.05, 0.1) is 18.9 Å². The van der Waals surface area contributed by atoms with E-state index >= 15 is 0 Å². The van der Waals surface area contributed by atoms with Gasteiger partial charge in [-0.25, -0.2) is 0 Å². The normalized spacial score (nSPS) is 18.9. The van der Waals surface area contributed by atoms with E-state index in [-0.39, 0.29) is 10.7 Å². The Morgan fingerprint density at radius 1 is 1.03 bits per heavy atom. The Morgan fingerprint density at radius 3 is 2.45 bits per heavy atom. The average Bonchev–Trinajstić information content (AvgIpc) is 2.73. The lowest BCUT2D eigenvalue weighted by Gasteiger charge is -2.30. The lowest BCUT2D eigenvalue weighted by Crippen LogP contribution is -2.54. The third kappa shape index (κ3) is 3.92. The Hall–Kier alpha value is -3.03. The molecular formula is C22H21N3O3S. The van der Waals surface area contributed by atoms with Crippen LogP contribution in [0.4, 0.5) is 11.4 Å². The van der Waals surface area contributed by atoms with Crippen LogP contribution in [0.3, 0.4) is 0 Å². The molecule has 7 heteroatoms. The smallest absolute Gasteiger partial charge is 0.270 e. The number of carbonyl (C=O) groups is 2. The number of hydrogen-bond acceptors (Lipinski definition) is 5. The Morgan fingerprint density at radius 2 is 1.76 bits per heavy atom. The molecule has 2 saturated heterocycles. The van der Waals surface area contributed by atoms with Crippen LogP contribution in [-0.2, 0) is 14.3 Å². The summed E-state index contributed by atoms with van der Waals surface area (Å²) in [7, 11) is 0. The monoisotopic (exact) mass is 407 g/mol. The van der Waals surface area contributed by atoms with Gasteiger partial charge in [-0.3, -0.25) is 19.8 Å². The van der Waals surface area contributed by atoms with E-state index in [9.17, 15) is 9.59 Å². The molecule has 0 bridgehead atoms. The summed E-state index contributed by atoms with van der Waals surface area (Å²) in [5, 5.41) is 2.70. The highest BCUT2D eigenvalue weighted by Gasteiger charge is 2.34. The molecule has 2 aromatic carbocycles. The first-order valence-electron chi connectivity index (χ1n) is 9.44. The average molecular weight is 407 g/mol. The molecular weight excluding hydrogens is 386 g/mol. The number of anilines is 2. The van der Waals surface area contributed by atoms with Crippen LogP contribution in [0, 0.1) is 6.92 Å². The molecule has 4 rings (SSSR count). The number of ether oxygens (including phenoxy) is 1. The van der Waals surface area contributed by atoms with Crippen molar-refractivity contribution in [3.8, 4) is 0 Å². The van der Waals surface area contributed by atoms with Crippen LogP contribution < -0.4 is 15.1 Å². The fourth-order valence-electron chi connectivity index (χ4n) is 3.46. The van der Waals surface area contributed by atoms with Crippen molar-refractivity contribution in [3.05, 3.63) is 65.2 Å². The predicted molar refractivity (Wildman–Crippen MR) is 117 cm³/mol. The molecule has 0 aromatic heterocycles. The third-order valence-electron chi connectivity index (χ3n) is 5.05. The lowest BCUT2D eigenvalue weighted by atomic mass is 10.0. The number of aryl methyl sites for hydroxylation is 1. The molecule has 0 spiro atoms. The van der Waals surface area contributed by atoms with E-state index < -0.39 is 11.8 Å². The first-order valence-corrected chi connectivity index (χ1v) is 9.85. The van der Waals surface area contributed by atoms with Gasteiger partial charge >= 0.3 is 0 Å². The summed E-state index contributed by atoms with van der Waals surface area (Å²) in [5.41, 5.74) is 3.60. The van der Waals surface area contributed by atoms with Crippen molar-refractivity contribution in [2.45, 2.75) is 6.92 Å². The molecule has 2 fully saturated rings. The van der Waals surface area contributed by atoms with Crippen molar-refractivity contribution in [1.82, 2.24) is 5.32 Å². The van der Waals surface area contributed by atoms with Gasteiger partial charge < -0.3 is 9.64 Å². The van der Waals surface area contributed by atoms with Crippen LogP contribution in [-0.4, -0.2) is 43.2 Å². The lowest BCUT2D eigenvalue weighted by molar-refractivity contribution is -0.122. The van der Waals surface area contributed by atoms with Crippen LogP contribution in [0.25, 0.3) is 6.08 Å². The fourth-order valence-corrected chi connectivity index (χ4v) is 3.75. The van der Waals surface area contributed by atoms with E-state index in [1.807, 2.05) is 37.3 Å². The Bertz CT molecular complexity index is 998. The zero-order valence-electron chi connectivity index (χ0n) is 16.1. The van der Waals surface area contributed by atoms with E-state index in [2.05, 4.69) is 16.3 Å².